The highest BCUT2D eigenvalue weighted by atomic mass is 16.2. The van der Waals surface area contributed by atoms with Crippen molar-refractivity contribution in [3.05, 3.63) is 18.5 Å². The van der Waals surface area contributed by atoms with Crippen molar-refractivity contribution in [2.75, 3.05) is 25.0 Å². The molecule has 2 aromatic rings. The number of piperidine rings is 1. The molecule has 0 saturated carbocycles. The summed E-state index contributed by atoms with van der Waals surface area (Å²) >= 11 is 0. The predicted molar refractivity (Wildman–Crippen MR) is 86.7 cm³/mol. The van der Waals surface area contributed by atoms with Crippen molar-refractivity contribution in [1.82, 2.24) is 20.1 Å². The number of H-pyrrole nitrogens is 1. The summed E-state index contributed by atoms with van der Waals surface area (Å²) in [6.45, 7) is 3.56. The standard InChI is InChI=1S/C16H20N6O/c1-11-5-8-22(15(23)3-6-17)10-14(11)21(2)13-9-19-20-16-12(13)4-7-18-16/h4,7,9,11,14H,3,5,8,10H2,1-2H3,(H,18,20). The number of aromatic nitrogens is 3. The van der Waals surface area contributed by atoms with Gasteiger partial charge in [0.15, 0.2) is 5.65 Å². The highest BCUT2D eigenvalue weighted by molar-refractivity contribution is 5.89. The van der Waals surface area contributed by atoms with Crippen LogP contribution >= 0.6 is 0 Å². The van der Waals surface area contributed by atoms with E-state index in [0.717, 1.165) is 29.7 Å². The zero-order valence-electron chi connectivity index (χ0n) is 13.4. The van der Waals surface area contributed by atoms with Gasteiger partial charge in [0.25, 0.3) is 0 Å². The minimum Gasteiger partial charge on any atom is -0.368 e. The molecule has 3 rings (SSSR count). The molecule has 0 aliphatic carbocycles. The molecule has 1 aliphatic rings. The van der Waals surface area contributed by atoms with E-state index in [1.54, 1.807) is 11.1 Å². The number of aromatic amines is 1. The van der Waals surface area contributed by atoms with Gasteiger partial charge in [-0.1, -0.05) is 6.92 Å². The smallest absolute Gasteiger partial charge is 0.236 e. The first-order valence-corrected chi connectivity index (χ1v) is 7.78. The number of nitriles is 1. The monoisotopic (exact) mass is 312 g/mol. The van der Waals surface area contributed by atoms with Gasteiger partial charge in [0.05, 0.1) is 18.0 Å². The van der Waals surface area contributed by atoms with Gasteiger partial charge in [0.2, 0.25) is 5.91 Å². The second kappa shape index (κ2) is 6.24. The normalized spacial score (nSPS) is 21.2. The Kier molecular flexibility index (Phi) is 4.15. The van der Waals surface area contributed by atoms with Crippen LogP contribution in [0.5, 0.6) is 0 Å². The Hall–Kier alpha value is -2.62. The summed E-state index contributed by atoms with van der Waals surface area (Å²) in [5.41, 5.74) is 1.76. The molecule has 0 bridgehead atoms. The lowest BCUT2D eigenvalue weighted by Crippen LogP contribution is -2.52. The fraction of sp³-hybridized carbons (Fsp3) is 0.500. The summed E-state index contributed by atoms with van der Waals surface area (Å²) < 4.78 is 0. The lowest BCUT2D eigenvalue weighted by Gasteiger charge is -2.42. The topological polar surface area (TPSA) is 88.9 Å². The molecule has 2 aromatic heterocycles. The molecule has 23 heavy (non-hydrogen) atoms. The van der Waals surface area contributed by atoms with Crippen LogP contribution in [0, 0.1) is 17.2 Å². The van der Waals surface area contributed by atoms with Crippen molar-refractivity contribution in [3.63, 3.8) is 0 Å². The minimum absolute atomic E-state index is 0.0519. The summed E-state index contributed by atoms with van der Waals surface area (Å²) in [5.74, 6) is 0.366. The van der Waals surface area contributed by atoms with E-state index in [2.05, 4.69) is 27.0 Å². The van der Waals surface area contributed by atoms with Crippen LogP contribution in [0.3, 0.4) is 0 Å². The van der Waals surface area contributed by atoms with E-state index < -0.39 is 0 Å². The average Bonchev–Trinajstić information content (AvgIpc) is 3.03. The van der Waals surface area contributed by atoms with E-state index >= 15 is 0 Å². The molecule has 0 radical (unpaired) electrons. The zero-order chi connectivity index (χ0) is 16.4. The van der Waals surface area contributed by atoms with E-state index in [9.17, 15) is 4.79 Å². The molecule has 1 aliphatic heterocycles. The van der Waals surface area contributed by atoms with Crippen LogP contribution in [0.4, 0.5) is 5.69 Å². The van der Waals surface area contributed by atoms with Gasteiger partial charge in [0, 0.05) is 37.8 Å². The van der Waals surface area contributed by atoms with Crippen molar-refractivity contribution in [3.8, 4) is 6.07 Å². The van der Waals surface area contributed by atoms with Gasteiger partial charge >= 0.3 is 0 Å². The molecule has 1 saturated heterocycles. The predicted octanol–water partition coefficient (Wildman–Crippen LogP) is 1.54. The van der Waals surface area contributed by atoms with E-state index in [-0.39, 0.29) is 18.4 Å². The maximum absolute atomic E-state index is 12.0. The van der Waals surface area contributed by atoms with Crippen LogP contribution in [0.15, 0.2) is 18.5 Å². The fourth-order valence-electron chi connectivity index (χ4n) is 3.28. The second-order valence-corrected chi connectivity index (χ2v) is 6.09. The van der Waals surface area contributed by atoms with Crippen molar-refractivity contribution in [2.45, 2.75) is 25.8 Å². The third kappa shape index (κ3) is 2.84. The van der Waals surface area contributed by atoms with Gasteiger partial charge in [-0.15, -0.1) is 5.10 Å². The average molecular weight is 312 g/mol. The summed E-state index contributed by atoms with van der Waals surface area (Å²) in [6.07, 6.45) is 4.49. The highest BCUT2D eigenvalue weighted by Gasteiger charge is 2.32. The van der Waals surface area contributed by atoms with Gasteiger partial charge < -0.3 is 14.8 Å². The molecule has 7 nitrogen and oxygen atoms in total. The molecule has 7 heteroatoms. The van der Waals surface area contributed by atoms with Gasteiger partial charge in [-0.3, -0.25) is 4.79 Å². The van der Waals surface area contributed by atoms with Crippen LogP contribution in [0.1, 0.15) is 19.8 Å². The first-order chi connectivity index (χ1) is 11.1. The molecular formula is C16H20N6O. The van der Waals surface area contributed by atoms with Crippen LogP contribution in [-0.2, 0) is 4.79 Å². The fourth-order valence-corrected chi connectivity index (χ4v) is 3.28. The number of likely N-dealkylation sites (tertiary alicyclic amines) is 1. The Morgan fingerprint density at radius 3 is 3.22 bits per heavy atom. The van der Waals surface area contributed by atoms with Crippen molar-refractivity contribution < 1.29 is 4.79 Å². The number of hydrogen-bond donors (Lipinski definition) is 1. The molecule has 2 unspecified atom stereocenters. The van der Waals surface area contributed by atoms with Crippen LogP contribution in [0.2, 0.25) is 0 Å². The number of fused-ring (bicyclic) bond motifs is 1. The number of nitrogens with one attached hydrogen (secondary N) is 1. The third-order valence-electron chi connectivity index (χ3n) is 4.72. The molecule has 2 atom stereocenters. The minimum atomic E-state index is -0.0857. The van der Waals surface area contributed by atoms with Gasteiger partial charge in [0.1, 0.15) is 6.42 Å². The number of hydrogen-bond acceptors (Lipinski definition) is 5. The maximum Gasteiger partial charge on any atom is 0.236 e. The van der Waals surface area contributed by atoms with Gasteiger partial charge in [-0.2, -0.15) is 10.4 Å². The quantitative estimate of drug-likeness (QED) is 0.928. The van der Waals surface area contributed by atoms with E-state index in [1.165, 1.54) is 0 Å². The molecule has 1 fully saturated rings. The molecule has 1 N–H and O–H groups in total. The van der Waals surface area contributed by atoms with Crippen molar-refractivity contribution in [1.29, 1.82) is 5.26 Å². The number of anilines is 1. The van der Waals surface area contributed by atoms with Crippen LogP contribution < -0.4 is 4.90 Å². The van der Waals surface area contributed by atoms with Crippen LogP contribution in [0.25, 0.3) is 11.0 Å². The number of carbonyl (C=O) groups excluding carboxylic acids is 1. The van der Waals surface area contributed by atoms with Gasteiger partial charge in [-0.05, 0) is 18.4 Å². The zero-order valence-corrected chi connectivity index (χ0v) is 13.4. The largest absolute Gasteiger partial charge is 0.368 e. The molecular weight excluding hydrogens is 292 g/mol. The maximum atomic E-state index is 12.0. The summed E-state index contributed by atoms with van der Waals surface area (Å²) in [5, 5.41) is 17.9. The van der Waals surface area contributed by atoms with Crippen molar-refractivity contribution >= 4 is 22.6 Å². The third-order valence-corrected chi connectivity index (χ3v) is 4.72. The second-order valence-electron chi connectivity index (χ2n) is 6.09. The van der Waals surface area contributed by atoms with Crippen molar-refractivity contribution in [2.24, 2.45) is 5.92 Å². The summed E-state index contributed by atoms with van der Waals surface area (Å²) in [6, 6.07) is 4.12. The number of nitrogens with zero attached hydrogens (tertiary/aromatic N) is 5. The highest BCUT2D eigenvalue weighted by Crippen LogP contribution is 2.29. The van der Waals surface area contributed by atoms with E-state index in [0.29, 0.717) is 12.5 Å². The molecule has 0 spiro atoms. The number of likely N-dealkylation sites (N-methyl/N-ethyl adjacent to an activating group) is 1. The van der Waals surface area contributed by atoms with E-state index in [1.807, 2.05) is 25.4 Å². The number of rotatable bonds is 3. The molecule has 0 aromatic carbocycles. The lowest BCUT2D eigenvalue weighted by atomic mass is 9.91. The molecule has 120 valence electrons. The summed E-state index contributed by atoms with van der Waals surface area (Å²) in [7, 11) is 2.03. The first-order valence-electron chi connectivity index (χ1n) is 7.78. The Morgan fingerprint density at radius 1 is 1.61 bits per heavy atom. The Labute approximate surface area is 134 Å². The molecule has 3 heterocycles. The first kappa shape index (κ1) is 15.3. The van der Waals surface area contributed by atoms with Crippen LogP contribution in [-0.4, -0.2) is 52.2 Å². The lowest BCUT2D eigenvalue weighted by molar-refractivity contribution is -0.131. The SMILES string of the molecule is CC1CCN(C(=O)CC#N)CC1N(C)c1cnnc2[nH]ccc12. The Balaban J connectivity index is 1.85. The van der Waals surface area contributed by atoms with Gasteiger partial charge in [-0.25, -0.2) is 0 Å². The Morgan fingerprint density at radius 2 is 2.43 bits per heavy atom. The Bertz CT molecular complexity index is 748. The summed E-state index contributed by atoms with van der Waals surface area (Å²) in [4.78, 5) is 19.1. The number of amides is 1. The molecule has 1 amide bonds. The number of carbonyl (C=O) groups is 1. The van der Waals surface area contributed by atoms with E-state index in [4.69, 9.17) is 5.26 Å².